The quantitative estimate of drug-likeness (QED) is 0.651. The van der Waals surface area contributed by atoms with E-state index in [1.54, 1.807) is 6.20 Å². The van der Waals surface area contributed by atoms with Crippen LogP contribution in [0.4, 0.5) is 0 Å². The summed E-state index contributed by atoms with van der Waals surface area (Å²) in [5, 5.41) is 0. The van der Waals surface area contributed by atoms with Crippen LogP contribution in [-0.2, 0) is 16.0 Å². The maximum absolute atomic E-state index is 13.4. The fourth-order valence-electron chi connectivity index (χ4n) is 5.09. The molecule has 1 aromatic heterocycles. The van der Waals surface area contributed by atoms with E-state index < -0.39 is 0 Å². The number of hydrogen-bond donors (Lipinski definition) is 0. The third kappa shape index (κ3) is 5.61. The van der Waals surface area contributed by atoms with E-state index >= 15 is 0 Å². The van der Waals surface area contributed by atoms with Gasteiger partial charge in [-0.05, 0) is 68.5 Å². The lowest BCUT2D eigenvalue weighted by atomic mass is 9.95. The second-order valence-electron chi connectivity index (χ2n) is 9.37. The van der Waals surface area contributed by atoms with E-state index in [9.17, 15) is 9.59 Å². The van der Waals surface area contributed by atoms with Crippen molar-refractivity contribution in [3.05, 3.63) is 54.4 Å². The van der Waals surface area contributed by atoms with Gasteiger partial charge in [0, 0.05) is 38.6 Å². The highest BCUT2D eigenvalue weighted by atomic mass is 16.2. The maximum Gasteiger partial charge on any atom is 0.239 e. The number of carbonyl (C=O) groups is 2. The Labute approximate surface area is 197 Å². The molecule has 0 radical (unpaired) electrons. The topological polar surface area (TPSA) is 56.8 Å². The van der Waals surface area contributed by atoms with Crippen LogP contribution in [0.5, 0.6) is 0 Å². The lowest BCUT2D eigenvalue weighted by molar-refractivity contribution is -0.137. The monoisotopic (exact) mass is 448 g/mol. The molecule has 2 unspecified atom stereocenters. The van der Waals surface area contributed by atoms with Crippen molar-refractivity contribution in [3.8, 4) is 11.1 Å². The highest BCUT2D eigenvalue weighted by molar-refractivity contribution is 5.84. The van der Waals surface area contributed by atoms with E-state index in [4.69, 9.17) is 0 Å². The Morgan fingerprint density at radius 1 is 1.06 bits per heavy atom. The predicted molar refractivity (Wildman–Crippen MR) is 131 cm³/mol. The van der Waals surface area contributed by atoms with Crippen molar-refractivity contribution < 1.29 is 9.59 Å². The van der Waals surface area contributed by atoms with Crippen LogP contribution in [0.15, 0.2) is 48.8 Å². The van der Waals surface area contributed by atoms with Crippen LogP contribution in [0, 0.1) is 5.92 Å². The van der Waals surface area contributed by atoms with Gasteiger partial charge in [-0.2, -0.15) is 0 Å². The van der Waals surface area contributed by atoms with Crippen molar-refractivity contribution in [2.45, 2.75) is 45.6 Å². The fourth-order valence-corrected chi connectivity index (χ4v) is 5.09. The van der Waals surface area contributed by atoms with Gasteiger partial charge in [-0.1, -0.05) is 37.3 Å². The minimum absolute atomic E-state index is 0.111. The first-order valence-corrected chi connectivity index (χ1v) is 12.4. The number of aromatic nitrogens is 1. The molecule has 3 heterocycles. The highest BCUT2D eigenvalue weighted by Gasteiger charge is 2.35. The summed E-state index contributed by atoms with van der Waals surface area (Å²) in [6, 6.07) is 12.3. The zero-order valence-electron chi connectivity index (χ0n) is 19.9. The molecule has 0 spiro atoms. The summed E-state index contributed by atoms with van der Waals surface area (Å²) in [4.78, 5) is 37.1. The Hall–Kier alpha value is -2.73. The van der Waals surface area contributed by atoms with Crippen LogP contribution in [0.1, 0.15) is 38.7 Å². The number of amides is 2. The molecule has 2 amide bonds. The SMILES string of the molecule is CCCN1CCN(C(=O)C(C)N2CCCC2)CC(Cc2ccc(-c3cccnc3)cc2)C1=O. The Bertz CT molecular complexity index is 925. The summed E-state index contributed by atoms with van der Waals surface area (Å²) in [5.41, 5.74) is 3.32. The van der Waals surface area contributed by atoms with E-state index in [-0.39, 0.29) is 23.8 Å². The van der Waals surface area contributed by atoms with Crippen LogP contribution >= 0.6 is 0 Å². The van der Waals surface area contributed by atoms with E-state index in [0.717, 1.165) is 55.6 Å². The van der Waals surface area contributed by atoms with Gasteiger partial charge in [0.05, 0.1) is 12.0 Å². The summed E-state index contributed by atoms with van der Waals surface area (Å²) < 4.78 is 0. The molecule has 2 fully saturated rings. The number of likely N-dealkylation sites (tertiary alicyclic amines) is 1. The minimum atomic E-state index is -0.210. The molecule has 0 aliphatic carbocycles. The van der Waals surface area contributed by atoms with Crippen LogP contribution in [0.3, 0.4) is 0 Å². The second-order valence-corrected chi connectivity index (χ2v) is 9.37. The van der Waals surface area contributed by atoms with Crippen molar-refractivity contribution in [1.29, 1.82) is 0 Å². The number of rotatable bonds is 7. The first-order valence-electron chi connectivity index (χ1n) is 12.4. The van der Waals surface area contributed by atoms with E-state index in [1.807, 2.05) is 35.1 Å². The molecule has 33 heavy (non-hydrogen) atoms. The summed E-state index contributed by atoms with van der Waals surface area (Å²) >= 11 is 0. The van der Waals surface area contributed by atoms with E-state index in [0.29, 0.717) is 26.1 Å². The van der Waals surface area contributed by atoms with Gasteiger partial charge in [0.25, 0.3) is 0 Å². The van der Waals surface area contributed by atoms with Gasteiger partial charge in [0.1, 0.15) is 0 Å². The number of hydrogen-bond acceptors (Lipinski definition) is 4. The largest absolute Gasteiger partial charge is 0.341 e. The average Bonchev–Trinajstić information content (AvgIpc) is 3.35. The number of nitrogens with zero attached hydrogens (tertiary/aromatic N) is 4. The maximum atomic E-state index is 13.4. The predicted octanol–water partition coefficient (Wildman–Crippen LogP) is 3.47. The molecule has 2 saturated heterocycles. The van der Waals surface area contributed by atoms with Crippen molar-refractivity contribution in [1.82, 2.24) is 19.7 Å². The third-order valence-electron chi connectivity index (χ3n) is 7.02. The zero-order chi connectivity index (χ0) is 23.2. The fraction of sp³-hybridized carbons (Fsp3) is 0.519. The van der Waals surface area contributed by atoms with Crippen molar-refractivity contribution in [2.24, 2.45) is 5.92 Å². The van der Waals surface area contributed by atoms with Crippen LogP contribution < -0.4 is 0 Å². The van der Waals surface area contributed by atoms with Gasteiger partial charge >= 0.3 is 0 Å². The molecule has 6 nitrogen and oxygen atoms in total. The van der Waals surface area contributed by atoms with E-state index in [2.05, 4.69) is 41.1 Å². The smallest absolute Gasteiger partial charge is 0.239 e. The number of pyridine rings is 1. The second kappa shape index (κ2) is 10.9. The molecule has 1 aromatic carbocycles. The Morgan fingerprint density at radius 3 is 2.48 bits per heavy atom. The standard InChI is InChI=1S/C27H36N4O2/c1-3-13-30-16-17-31(26(32)21(2)29-14-4-5-15-29)20-25(27(30)33)18-22-8-10-23(11-9-22)24-7-6-12-28-19-24/h6-12,19,21,25H,3-5,13-18,20H2,1-2H3. The summed E-state index contributed by atoms with van der Waals surface area (Å²) in [6.07, 6.45) is 7.54. The molecule has 4 rings (SSSR count). The zero-order valence-corrected chi connectivity index (χ0v) is 19.9. The molecule has 2 aliphatic rings. The van der Waals surface area contributed by atoms with Gasteiger partial charge in [0.2, 0.25) is 11.8 Å². The van der Waals surface area contributed by atoms with Crippen LogP contribution in [0.2, 0.25) is 0 Å². The molecule has 2 aromatic rings. The number of benzene rings is 1. The normalized spacial score (nSPS) is 20.7. The number of carbonyl (C=O) groups excluding carboxylic acids is 2. The van der Waals surface area contributed by atoms with Crippen molar-refractivity contribution in [2.75, 3.05) is 39.3 Å². The molecule has 0 bridgehead atoms. The van der Waals surface area contributed by atoms with E-state index in [1.165, 1.54) is 0 Å². The highest BCUT2D eigenvalue weighted by Crippen LogP contribution is 2.23. The Morgan fingerprint density at radius 2 is 1.82 bits per heavy atom. The molecule has 176 valence electrons. The first-order chi connectivity index (χ1) is 16.1. The molecule has 0 saturated carbocycles. The molecule has 0 N–H and O–H groups in total. The Kier molecular flexibility index (Phi) is 7.76. The van der Waals surface area contributed by atoms with Gasteiger partial charge in [-0.25, -0.2) is 0 Å². The van der Waals surface area contributed by atoms with Gasteiger partial charge in [-0.3, -0.25) is 19.5 Å². The summed E-state index contributed by atoms with van der Waals surface area (Å²) in [5.74, 6) is 0.135. The van der Waals surface area contributed by atoms with Gasteiger partial charge < -0.3 is 9.80 Å². The van der Waals surface area contributed by atoms with Crippen molar-refractivity contribution >= 4 is 11.8 Å². The summed E-state index contributed by atoms with van der Waals surface area (Å²) in [7, 11) is 0. The average molecular weight is 449 g/mol. The lowest BCUT2D eigenvalue weighted by Gasteiger charge is -2.30. The van der Waals surface area contributed by atoms with Crippen LogP contribution in [0.25, 0.3) is 11.1 Å². The van der Waals surface area contributed by atoms with Gasteiger partial charge in [0.15, 0.2) is 0 Å². The molecular formula is C27H36N4O2. The molecule has 6 heteroatoms. The van der Waals surface area contributed by atoms with Gasteiger partial charge in [-0.15, -0.1) is 0 Å². The lowest BCUT2D eigenvalue weighted by Crippen LogP contribution is -2.48. The van der Waals surface area contributed by atoms with Crippen LogP contribution in [-0.4, -0.2) is 76.8 Å². The first kappa shape index (κ1) is 23.4. The summed E-state index contributed by atoms with van der Waals surface area (Å²) in [6.45, 7) is 8.61. The Balaban J connectivity index is 1.49. The third-order valence-corrected chi connectivity index (χ3v) is 7.02. The van der Waals surface area contributed by atoms with Crippen molar-refractivity contribution in [3.63, 3.8) is 0 Å². The molecule has 2 atom stereocenters. The minimum Gasteiger partial charge on any atom is -0.341 e. The molecule has 2 aliphatic heterocycles. The molecular weight excluding hydrogens is 412 g/mol.